The van der Waals surface area contributed by atoms with Gasteiger partial charge in [0.2, 0.25) is 0 Å². The first-order chi connectivity index (χ1) is 4.20. The third kappa shape index (κ3) is 1.44. The molecule has 9 heavy (non-hydrogen) atoms. The van der Waals surface area contributed by atoms with Crippen molar-refractivity contribution >= 4 is 17.3 Å². The zero-order valence-electron chi connectivity index (χ0n) is 4.46. The molecule has 5 heteroatoms. The average Bonchev–Trinajstić information content (AvgIpc) is 2.14. The highest BCUT2D eigenvalue weighted by atomic mass is 32.2. The number of aliphatic carboxylic acids is 1. The fraction of sp³-hybridized carbons (Fsp3) is 0.250. The molecule has 1 rings (SSSR count). The summed E-state index contributed by atoms with van der Waals surface area (Å²) in [5.41, 5.74) is 0.174. The molecular weight excluding hydrogens is 142 g/mol. The summed E-state index contributed by atoms with van der Waals surface area (Å²) in [7, 11) is 0. The fourth-order valence-corrected chi connectivity index (χ4v) is 1.31. The molecule has 0 saturated heterocycles. The molecule has 1 unspecified atom stereocenters. The molecular formula is C4H5NO3S. The van der Waals surface area contributed by atoms with Gasteiger partial charge in [-0.25, -0.2) is 4.79 Å². The first-order valence-electron chi connectivity index (χ1n) is 2.28. The number of carboxylic acid groups (broad SMARTS) is 1. The Kier molecular flexibility index (Phi) is 1.75. The number of carbonyl (C=O) groups is 1. The van der Waals surface area contributed by atoms with Crippen molar-refractivity contribution in [2.24, 2.45) is 0 Å². The minimum absolute atomic E-state index is 0.174. The monoisotopic (exact) mass is 147 g/mol. The van der Waals surface area contributed by atoms with E-state index < -0.39 is 17.3 Å². The molecule has 4 nitrogen and oxygen atoms in total. The van der Waals surface area contributed by atoms with Gasteiger partial charge in [0.25, 0.3) is 0 Å². The van der Waals surface area contributed by atoms with Gasteiger partial charge in [-0.3, -0.25) is 0 Å². The van der Waals surface area contributed by atoms with Gasteiger partial charge in [0.1, 0.15) is 5.57 Å². The Morgan fingerprint density at radius 3 is 2.89 bits per heavy atom. The van der Waals surface area contributed by atoms with Crippen molar-refractivity contribution in [3.8, 4) is 0 Å². The summed E-state index contributed by atoms with van der Waals surface area (Å²) in [6.45, 7) is 0.196. The molecule has 1 atom stereocenters. The van der Waals surface area contributed by atoms with Crippen LogP contribution in [0.1, 0.15) is 0 Å². The normalized spacial score (nSPS) is 25.9. The first kappa shape index (κ1) is 6.60. The molecule has 0 radical (unpaired) electrons. The summed E-state index contributed by atoms with van der Waals surface area (Å²) in [5, 5.41) is 9.49. The van der Waals surface area contributed by atoms with E-state index in [1.807, 2.05) is 0 Å². The maximum absolute atomic E-state index is 10.4. The molecule has 1 heterocycles. The zero-order valence-corrected chi connectivity index (χ0v) is 5.27. The van der Waals surface area contributed by atoms with Crippen LogP contribution in [0.25, 0.3) is 0 Å². The Morgan fingerprint density at radius 2 is 2.67 bits per heavy atom. The van der Waals surface area contributed by atoms with Crippen LogP contribution >= 0.6 is 0 Å². The molecule has 0 saturated carbocycles. The highest BCUT2D eigenvalue weighted by molar-refractivity contribution is 7.92. The maximum atomic E-state index is 10.4. The lowest BCUT2D eigenvalue weighted by Crippen LogP contribution is -2.16. The summed E-state index contributed by atoms with van der Waals surface area (Å²) in [6.07, 6.45) is 0. The van der Waals surface area contributed by atoms with Crippen molar-refractivity contribution in [3.63, 3.8) is 0 Å². The molecule has 1 aliphatic heterocycles. The van der Waals surface area contributed by atoms with E-state index in [4.69, 9.17) is 5.11 Å². The van der Waals surface area contributed by atoms with Crippen LogP contribution in [0.3, 0.4) is 0 Å². The Labute approximate surface area is 54.9 Å². The van der Waals surface area contributed by atoms with Crippen molar-refractivity contribution in [3.05, 3.63) is 11.0 Å². The molecule has 0 spiro atoms. The van der Waals surface area contributed by atoms with Gasteiger partial charge in [-0.15, -0.1) is 4.72 Å². The minimum atomic E-state index is -1.27. The third-order valence-electron chi connectivity index (χ3n) is 0.929. The summed E-state index contributed by atoms with van der Waals surface area (Å²) in [6, 6.07) is 0. The molecule has 0 aromatic carbocycles. The Morgan fingerprint density at radius 1 is 2.00 bits per heavy atom. The SMILES string of the molecule is O=C(O)C1=C[S+]([O-])NC1. The average molecular weight is 147 g/mol. The van der Waals surface area contributed by atoms with Gasteiger partial charge >= 0.3 is 5.97 Å². The second kappa shape index (κ2) is 2.38. The van der Waals surface area contributed by atoms with Crippen LogP contribution in [0.15, 0.2) is 11.0 Å². The molecule has 0 bridgehead atoms. The van der Waals surface area contributed by atoms with E-state index >= 15 is 0 Å². The van der Waals surface area contributed by atoms with Crippen LogP contribution in [0.5, 0.6) is 0 Å². The number of hydrogen-bond acceptors (Lipinski definition) is 3. The van der Waals surface area contributed by atoms with Crippen LogP contribution in [0.2, 0.25) is 0 Å². The van der Waals surface area contributed by atoms with Crippen molar-refractivity contribution < 1.29 is 14.5 Å². The summed E-state index contributed by atoms with van der Waals surface area (Å²) >= 11 is -1.27. The first-order valence-corrected chi connectivity index (χ1v) is 3.49. The lowest BCUT2D eigenvalue weighted by Gasteiger charge is -1.93. The molecule has 0 aromatic heterocycles. The van der Waals surface area contributed by atoms with E-state index in [0.717, 1.165) is 0 Å². The van der Waals surface area contributed by atoms with E-state index in [2.05, 4.69) is 4.72 Å². The standard InChI is InChI=1S/C4H5NO3S/c6-4(7)3-1-5-9(8)2-3/h2,5H,1H2,(H,6,7). The van der Waals surface area contributed by atoms with Crippen molar-refractivity contribution in [2.75, 3.05) is 6.54 Å². The second-order valence-corrected chi connectivity index (χ2v) is 2.69. The maximum Gasteiger partial charge on any atom is 0.337 e. The topological polar surface area (TPSA) is 72.4 Å². The van der Waals surface area contributed by atoms with Crippen LogP contribution in [-0.4, -0.2) is 22.2 Å². The molecule has 0 fully saturated rings. The molecule has 2 N–H and O–H groups in total. The van der Waals surface area contributed by atoms with Gasteiger partial charge in [0.05, 0.1) is 17.9 Å². The van der Waals surface area contributed by atoms with Gasteiger partial charge in [-0.2, -0.15) is 0 Å². The number of rotatable bonds is 1. The van der Waals surface area contributed by atoms with E-state index in [1.54, 1.807) is 0 Å². The summed E-state index contributed by atoms with van der Waals surface area (Å²) in [5.74, 6) is -1.01. The highest BCUT2D eigenvalue weighted by Crippen LogP contribution is 2.05. The lowest BCUT2D eigenvalue weighted by atomic mass is 10.3. The molecule has 0 aromatic rings. The molecule has 1 aliphatic rings. The Balaban J connectivity index is 2.62. The second-order valence-electron chi connectivity index (χ2n) is 1.57. The third-order valence-corrected chi connectivity index (χ3v) is 1.86. The van der Waals surface area contributed by atoms with Crippen LogP contribution in [-0.2, 0) is 16.2 Å². The Bertz CT molecular complexity index is 167. The summed E-state index contributed by atoms with van der Waals surface area (Å²) in [4.78, 5) is 10.1. The summed E-state index contributed by atoms with van der Waals surface area (Å²) < 4.78 is 12.9. The van der Waals surface area contributed by atoms with Crippen molar-refractivity contribution in [1.82, 2.24) is 4.72 Å². The minimum Gasteiger partial charge on any atom is -0.593 e. The predicted molar refractivity (Wildman–Crippen MR) is 31.9 cm³/mol. The van der Waals surface area contributed by atoms with Gasteiger partial charge in [-0.05, 0) is 0 Å². The van der Waals surface area contributed by atoms with E-state index in [0.29, 0.717) is 0 Å². The number of nitrogens with one attached hydrogen (secondary N) is 1. The predicted octanol–water partition coefficient (Wildman–Crippen LogP) is -0.778. The largest absolute Gasteiger partial charge is 0.593 e. The van der Waals surface area contributed by atoms with Crippen molar-refractivity contribution in [2.45, 2.75) is 0 Å². The quantitative estimate of drug-likeness (QED) is 0.477. The zero-order chi connectivity index (χ0) is 6.85. The number of hydrogen-bond donors (Lipinski definition) is 2. The molecule has 50 valence electrons. The van der Waals surface area contributed by atoms with Gasteiger partial charge in [0, 0.05) is 0 Å². The van der Waals surface area contributed by atoms with E-state index in [1.165, 1.54) is 5.41 Å². The van der Waals surface area contributed by atoms with Crippen LogP contribution < -0.4 is 4.72 Å². The number of carboxylic acids is 1. The Hall–Kier alpha value is -0.520. The van der Waals surface area contributed by atoms with E-state index in [9.17, 15) is 9.35 Å². The molecule has 0 amide bonds. The van der Waals surface area contributed by atoms with Crippen LogP contribution in [0.4, 0.5) is 0 Å². The smallest absolute Gasteiger partial charge is 0.337 e. The van der Waals surface area contributed by atoms with Crippen LogP contribution in [0, 0.1) is 0 Å². The highest BCUT2D eigenvalue weighted by Gasteiger charge is 2.20. The fourth-order valence-electron chi connectivity index (χ4n) is 0.487. The van der Waals surface area contributed by atoms with Crippen molar-refractivity contribution in [1.29, 1.82) is 0 Å². The van der Waals surface area contributed by atoms with E-state index in [-0.39, 0.29) is 12.1 Å². The van der Waals surface area contributed by atoms with Gasteiger partial charge < -0.3 is 9.66 Å². The lowest BCUT2D eigenvalue weighted by molar-refractivity contribution is -0.132. The van der Waals surface area contributed by atoms with Gasteiger partial charge in [0.15, 0.2) is 5.41 Å². The van der Waals surface area contributed by atoms with Gasteiger partial charge in [-0.1, -0.05) is 0 Å². The molecule has 0 aliphatic carbocycles.